The van der Waals surface area contributed by atoms with Gasteiger partial charge in [-0.25, -0.2) is 9.97 Å². The number of halogens is 1. The van der Waals surface area contributed by atoms with E-state index in [9.17, 15) is 0 Å². The van der Waals surface area contributed by atoms with Gasteiger partial charge in [0.05, 0.1) is 12.4 Å². The molecule has 1 aromatic rings. The Balaban J connectivity index is 0.000000134. The molecule has 16 heavy (non-hydrogen) atoms. The molecule has 84 valence electrons. The topological polar surface area (TPSA) is 37.8 Å². The minimum Gasteiger partial charge on any atom is -0.298 e. The largest absolute Gasteiger partial charge is 0.298 e. The summed E-state index contributed by atoms with van der Waals surface area (Å²) in [7, 11) is 0. The maximum atomic E-state index is 4.96. The lowest BCUT2D eigenvalue weighted by molar-refractivity contribution is 0.735. The lowest BCUT2D eigenvalue weighted by Crippen LogP contribution is -1.91. The summed E-state index contributed by atoms with van der Waals surface area (Å²) < 4.78 is 0.690. The molecule has 0 bridgehead atoms. The van der Waals surface area contributed by atoms with Crippen molar-refractivity contribution in [2.75, 3.05) is 5.32 Å². The lowest BCUT2D eigenvalue weighted by atomic mass is 10.3. The highest BCUT2D eigenvalue weighted by molar-refractivity contribution is 9.10. The third-order valence-electron chi connectivity index (χ3n) is 3.04. The lowest BCUT2D eigenvalue weighted by Gasteiger charge is -1.93. The van der Waals surface area contributed by atoms with Crippen molar-refractivity contribution in [3.05, 3.63) is 17.0 Å². The van der Waals surface area contributed by atoms with Crippen molar-refractivity contribution in [1.29, 1.82) is 0 Å². The van der Waals surface area contributed by atoms with Crippen LogP contribution >= 0.6 is 15.9 Å². The van der Waals surface area contributed by atoms with Crippen molar-refractivity contribution < 1.29 is 0 Å². The van der Waals surface area contributed by atoms with Gasteiger partial charge in [0.15, 0.2) is 5.82 Å². The summed E-state index contributed by atoms with van der Waals surface area (Å²) in [6.07, 6.45) is 14.3. The van der Waals surface area contributed by atoms with Gasteiger partial charge in [-0.15, -0.1) is 0 Å². The van der Waals surface area contributed by atoms with Crippen LogP contribution in [-0.4, -0.2) is 9.97 Å². The predicted molar refractivity (Wildman–Crippen MR) is 67.6 cm³/mol. The van der Waals surface area contributed by atoms with Crippen LogP contribution in [0.4, 0.5) is 5.82 Å². The Bertz CT molecular complexity index is 374. The predicted octanol–water partition coefficient (Wildman–Crippen LogP) is 3.05. The molecular weight excluding hydrogens is 266 g/mol. The van der Waals surface area contributed by atoms with Crippen LogP contribution in [0.5, 0.6) is 0 Å². The van der Waals surface area contributed by atoms with E-state index in [2.05, 4.69) is 37.3 Å². The first kappa shape index (κ1) is 11.4. The van der Waals surface area contributed by atoms with E-state index in [1.165, 1.54) is 18.3 Å². The third-order valence-corrected chi connectivity index (χ3v) is 3.45. The Morgan fingerprint density at radius 3 is 2.44 bits per heavy atom. The van der Waals surface area contributed by atoms with Crippen LogP contribution in [0.15, 0.2) is 17.0 Å². The molecule has 0 spiro atoms. The second-order valence-electron chi connectivity index (χ2n) is 4.18. The zero-order valence-electron chi connectivity index (χ0n) is 8.99. The van der Waals surface area contributed by atoms with Crippen molar-refractivity contribution in [3.63, 3.8) is 0 Å². The van der Waals surface area contributed by atoms with E-state index in [1.54, 1.807) is 31.7 Å². The Labute approximate surface area is 104 Å². The molecule has 2 saturated carbocycles. The molecule has 3 nitrogen and oxygen atoms in total. The van der Waals surface area contributed by atoms with E-state index in [4.69, 9.17) is 6.42 Å². The molecule has 0 amide bonds. The van der Waals surface area contributed by atoms with Crippen molar-refractivity contribution in [3.8, 4) is 12.5 Å². The monoisotopic (exact) mass is 279 g/mol. The molecule has 2 atom stereocenters. The van der Waals surface area contributed by atoms with E-state index in [-0.39, 0.29) is 0 Å². The number of anilines is 1. The van der Waals surface area contributed by atoms with Gasteiger partial charge in [-0.3, -0.25) is 5.32 Å². The summed E-state index contributed by atoms with van der Waals surface area (Å²) in [6, 6.07) is 2.24. The highest BCUT2D eigenvalue weighted by atomic mass is 79.9. The zero-order chi connectivity index (χ0) is 11.4. The van der Waals surface area contributed by atoms with Gasteiger partial charge in [0.2, 0.25) is 0 Å². The van der Waals surface area contributed by atoms with Crippen LogP contribution in [0.2, 0.25) is 0 Å². The summed E-state index contributed by atoms with van der Waals surface area (Å²) >= 11 is 3.14. The molecule has 1 N–H and O–H groups in total. The van der Waals surface area contributed by atoms with E-state index in [0.29, 0.717) is 10.4 Å². The summed E-state index contributed by atoms with van der Waals surface area (Å²) in [5.74, 6) is 3.00. The fourth-order valence-corrected chi connectivity index (χ4v) is 2.32. The first-order chi connectivity index (χ1) is 7.79. The molecule has 0 radical (unpaired) electrons. The zero-order valence-corrected chi connectivity index (χ0v) is 10.6. The van der Waals surface area contributed by atoms with Gasteiger partial charge in [-0.2, -0.15) is 0 Å². The SMILES string of the molecule is C#CNc1cnc(Br)cn1.C1CC2CC2C1. The minimum absolute atomic E-state index is 0.575. The van der Waals surface area contributed by atoms with Crippen molar-refractivity contribution in [2.45, 2.75) is 25.7 Å². The van der Waals surface area contributed by atoms with Crippen LogP contribution in [0.1, 0.15) is 25.7 Å². The maximum absolute atomic E-state index is 4.96. The fourth-order valence-electron chi connectivity index (χ4n) is 2.11. The first-order valence-corrected chi connectivity index (χ1v) is 6.28. The number of hydrogen-bond acceptors (Lipinski definition) is 3. The maximum Gasteiger partial charge on any atom is 0.156 e. The molecule has 0 aliphatic heterocycles. The fraction of sp³-hybridized carbons (Fsp3) is 0.500. The van der Waals surface area contributed by atoms with Crippen molar-refractivity contribution >= 4 is 21.7 Å². The first-order valence-electron chi connectivity index (χ1n) is 5.48. The molecule has 3 rings (SSSR count). The normalized spacial score (nSPS) is 24.8. The smallest absolute Gasteiger partial charge is 0.156 e. The molecule has 2 fully saturated rings. The molecule has 0 saturated heterocycles. The quantitative estimate of drug-likeness (QED) is 0.634. The highest BCUT2D eigenvalue weighted by Crippen LogP contribution is 2.51. The van der Waals surface area contributed by atoms with Gasteiger partial charge in [0, 0.05) is 6.04 Å². The summed E-state index contributed by atoms with van der Waals surface area (Å²) in [4.78, 5) is 7.80. The molecular formula is C12H14BrN3. The van der Waals surface area contributed by atoms with Gasteiger partial charge < -0.3 is 0 Å². The number of rotatable bonds is 1. The highest BCUT2D eigenvalue weighted by Gasteiger charge is 2.40. The average molecular weight is 280 g/mol. The number of nitrogens with one attached hydrogen (secondary N) is 1. The van der Waals surface area contributed by atoms with E-state index in [1.807, 2.05) is 0 Å². The number of fused-ring (bicyclic) bond motifs is 1. The van der Waals surface area contributed by atoms with Crippen LogP contribution in [0.3, 0.4) is 0 Å². The van der Waals surface area contributed by atoms with Gasteiger partial charge in [-0.05, 0) is 34.2 Å². The van der Waals surface area contributed by atoms with Crippen molar-refractivity contribution in [1.82, 2.24) is 9.97 Å². The molecule has 2 unspecified atom stereocenters. The van der Waals surface area contributed by atoms with E-state index in [0.717, 1.165) is 0 Å². The van der Waals surface area contributed by atoms with Crippen LogP contribution < -0.4 is 5.32 Å². The molecule has 2 aliphatic carbocycles. The molecule has 2 aliphatic rings. The van der Waals surface area contributed by atoms with Crippen LogP contribution in [-0.2, 0) is 0 Å². The van der Waals surface area contributed by atoms with Gasteiger partial charge in [0.1, 0.15) is 4.60 Å². The van der Waals surface area contributed by atoms with Crippen molar-refractivity contribution in [2.24, 2.45) is 11.8 Å². The Morgan fingerprint density at radius 1 is 1.31 bits per heavy atom. The standard InChI is InChI=1S/C6H4BrN3.C6H10/c1-2-8-6-4-9-5(7)3-10-6;1-2-5-4-6(5)3-1/h1,3-4H,(H,8,10);5-6H,1-4H2. The Kier molecular flexibility index (Phi) is 3.79. The van der Waals surface area contributed by atoms with Gasteiger partial charge in [0.25, 0.3) is 0 Å². The molecule has 1 heterocycles. The van der Waals surface area contributed by atoms with Gasteiger partial charge in [-0.1, -0.05) is 25.7 Å². The average Bonchev–Trinajstić information content (AvgIpc) is 2.90. The van der Waals surface area contributed by atoms with Crippen LogP contribution in [0.25, 0.3) is 0 Å². The van der Waals surface area contributed by atoms with Gasteiger partial charge >= 0.3 is 0 Å². The second-order valence-corrected chi connectivity index (χ2v) is 4.99. The van der Waals surface area contributed by atoms with E-state index >= 15 is 0 Å². The second kappa shape index (κ2) is 5.31. The number of hydrogen-bond donors (Lipinski definition) is 1. The summed E-state index contributed by atoms with van der Waals surface area (Å²) in [6.45, 7) is 0. The number of aromatic nitrogens is 2. The minimum atomic E-state index is 0.575. The van der Waals surface area contributed by atoms with E-state index < -0.39 is 0 Å². The molecule has 4 heteroatoms. The molecule has 1 aromatic heterocycles. The summed E-state index contributed by atoms with van der Waals surface area (Å²) in [5, 5.41) is 2.57. The number of nitrogens with zero attached hydrogens (tertiary/aromatic N) is 2. The Morgan fingerprint density at radius 2 is 2.06 bits per heavy atom. The number of terminal acetylenes is 1. The molecule has 0 aromatic carbocycles. The Hall–Kier alpha value is -1.08. The summed E-state index contributed by atoms with van der Waals surface area (Å²) in [5.41, 5.74) is 0. The van der Waals surface area contributed by atoms with Crippen LogP contribution in [0, 0.1) is 24.3 Å². The third kappa shape index (κ3) is 3.21.